The number of halogens is 1. The predicted octanol–water partition coefficient (Wildman–Crippen LogP) is 4.06. The van der Waals surface area contributed by atoms with E-state index >= 15 is 0 Å². The highest BCUT2D eigenvalue weighted by molar-refractivity contribution is 6.01. The molecular formula is C16H17FN2O. The van der Waals surface area contributed by atoms with Crippen LogP contribution in [0.15, 0.2) is 48.5 Å². The van der Waals surface area contributed by atoms with Gasteiger partial charge in [-0.2, -0.15) is 0 Å². The van der Waals surface area contributed by atoms with Gasteiger partial charge in [-0.05, 0) is 48.4 Å². The number of carbonyl (C=O) groups is 1. The molecule has 1 N–H and O–H groups in total. The first-order valence-corrected chi connectivity index (χ1v) is 6.49. The SMILES string of the molecule is CCc1cccc(NC(=O)N(C)c2ccc(F)cc2)c1. The first-order valence-electron chi connectivity index (χ1n) is 6.49. The van der Waals surface area contributed by atoms with Crippen molar-refractivity contribution in [3.05, 3.63) is 59.9 Å². The van der Waals surface area contributed by atoms with Crippen molar-refractivity contribution in [3.8, 4) is 0 Å². The van der Waals surface area contributed by atoms with Gasteiger partial charge in [-0.1, -0.05) is 19.1 Å². The first-order chi connectivity index (χ1) is 9.60. The van der Waals surface area contributed by atoms with Gasteiger partial charge in [-0.3, -0.25) is 4.90 Å². The van der Waals surface area contributed by atoms with Crippen LogP contribution in [0.3, 0.4) is 0 Å². The minimum Gasteiger partial charge on any atom is -0.308 e. The molecule has 0 aromatic heterocycles. The Morgan fingerprint density at radius 3 is 2.55 bits per heavy atom. The minimum atomic E-state index is -0.321. The molecule has 0 bridgehead atoms. The largest absolute Gasteiger partial charge is 0.326 e. The average Bonchev–Trinajstić information content (AvgIpc) is 2.47. The van der Waals surface area contributed by atoms with Gasteiger partial charge in [0.05, 0.1) is 0 Å². The second-order valence-corrected chi connectivity index (χ2v) is 4.52. The number of anilines is 2. The van der Waals surface area contributed by atoms with Gasteiger partial charge in [0, 0.05) is 18.4 Å². The smallest absolute Gasteiger partial charge is 0.308 e. The van der Waals surface area contributed by atoms with E-state index < -0.39 is 0 Å². The fraction of sp³-hybridized carbons (Fsp3) is 0.188. The van der Waals surface area contributed by atoms with Crippen LogP contribution in [0.5, 0.6) is 0 Å². The van der Waals surface area contributed by atoms with Crippen molar-refractivity contribution < 1.29 is 9.18 Å². The van der Waals surface area contributed by atoms with Crippen molar-refractivity contribution in [2.45, 2.75) is 13.3 Å². The summed E-state index contributed by atoms with van der Waals surface area (Å²) < 4.78 is 12.9. The van der Waals surface area contributed by atoms with Crippen LogP contribution < -0.4 is 10.2 Å². The van der Waals surface area contributed by atoms with E-state index in [9.17, 15) is 9.18 Å². The van der Waals surface area contributed by atoms with Crippen LogP contribution in [0.25, 0.3) is 0 Å². The number of benzene rings is 2. The van der Waals surface area contributed by atoms with Gasteiger partial charge >= 0.3 is 6.03 Å². The van der Waals surface area contributed by atoms with Crippen LogP contribution in [-0.4, -0.2) is 13.1 Å². The summed E-state index contributed by atoms with van der Waals surface area (Å²) in [5.41, 5.74) is 2.55. The van der Waals surface area contributed by atoms with Crippen molar-refractivity contribution >= 4 is 17.4 Å². The van der Waals surface area contributed by atoms with E-state index in [0.29, 0.717) is 5.69 Å². The zero-order valence-corrected chi connectivity index (χ0v) is 11.6. The highest BCUT2D eigenvalue weighted by atomic mass is 19.1. The lowest BCUT2D eigenvalue weighted by Gasteiger charge is -2.18. The summed E-state index contributed by atoms with van der Waals surface area (Å²) in [6.45, 7) is 2.06. The highest BCUT2D eigenvalue weighted by Gasteiger charge is 2.11. The lowest BCUT2D eigenvalue weighted by atomic mass is 10.1. The number of nitrogens with one attached hydrogen (secondary N) is 1. The molecule has 20 heavy (non-hydrogen) atoms. The average molecular weight is 272 g/mol. The maximum absolute atomic E-state index is 12.9. The van der Waals surface area contributed by atoms with E-state index in [1.165, 1.54) is 17.0 Å². The Hall–Kier alpha value is -2.36. The van der Waals surface area contributed by atoms with E-state index in [1.54, 1.807) is 19.2 Å². The summed E-state index contributed by atoms with van der Waals surface area (Å²) in [6, 6.07) is 13.2. The molecule has 104 valence electrons. The monoisotopic (exact) mass is 272 g/mol. The second-order valence-electron chi connectivity index (χ2n) is 4.52. The van der Waals surface area contributed by atoms with Gasteiger partial charge in [0.15, 0.2) is 0 Å². The van der Waals surface area contributed by atoms with E-state index in [1.807, 2.05) is 24.3 Å². The van der Waals surface area contributed by atoms with Crippen molar-refractivity contribution in [2.75, 3.05) is 17.3 Å². The number of aryl methyl sites for hydroxylation is 1. The Morgan fingerprint density at radius 2 is 1.90 bits per heavy atom. The number of urea groups is 1. The molecule has 2 amide bonds. The fourth-order valence-corrected chi connectivity index (χ4v) is 1.86. The molecule has 0 radical (unpaired) electrons. The number of carbonyl (C=O) groups excluding carboxylic acids is 1. The number of hydrogen-bond donors (Lipinski definition) is 1. The number of nitrogens with zero attached hydrogens (tertiary/aromatic N) is 1. The summed E-state index contributed by atoms with van der Waals surface area (Å²) >= 11 is 0. The van der Waals surface area contributed by atoms with E-state index in [4.69, 9.17) is 0 Å². The van der Waals surface area contributed by atoms with Gasteiger partial charge in [-0.15, -0.1) is 0 Å². The molecule has 2 aromatic rings. The van der Waals surface area contributed by atoms with Crippen LogP contribution >= 0.6 is 0 Å². The maximum Gasteiger partial charge on any atom is 0.326 e. The molecule has 0 spiro atoms. The molecule has 0 fully saturated rings. The summed E-state index contributed by atoms with van der Waals surface area (Å²) in [7, 11) is 1.65. The third-order valence-electron chi connectivity index (χ3n) is 3.11. The second kappa shape index (κ2) is 6.19. The quantitative estimate of drug-likeness (QED) is 0.898. The molecule has 0 aliphatic rings. The molecule has 0 heterocycles. The molecule has 2 aromatic carbocycles. The topological polar surface area (TPSA) is 32.3 Å². The fourth-order valence-electron chi connectivity index (χ4n) is 1.86. The number of hydrogen-bond acceptors (Lipinski definition) is 1. The number of rotatable bonds is 3. The normalized spacial score (nSPS) is 10.2. The van der Waals surface area contributed by atoms with Crippen LogP contribution in [-0.2, 0) is 6.42 Å². The van der Waals surface area contributed by atoms with E-state index in [2.05, 4.69) is 12.2 Å². The van der Waals surface area contributed by atoms with Crippen LogP contribution in [0.1, 0.15) is 12.5 Å². The zero-order chi connectivity index (χ0) is 14.5. The van der Waals surface area contributed by atoms with Crippen LogP contribution in [0.4, 0.5) is 20.6 Å². The number of amides is 2. The Bertz CT molecular complexity index is 596. The van der Waals surface area contributed by atoms with Crippen molar-refractivity contribution in [3.63, 3.8) is 0 Å². The summed E-state index contributed by atoms with van der Waals surface area (Å²) in [5, 5.41) is 2.82. The molecule has 0 atom stereocenters. The molecule has 0 unspecified atom stereocenters. The maximum atomic E-state index is 12.9. The van der Waals surface area contributed by atoms with Crippen molar-refractivity contribution in [2.24, 2.45) is 0 Å². The third kappa shape index (κ3) is 3.35. The molecule has 0 saturated carbocycles. The van der Waals surface area contributed by atoms with Gasteiger partial charge < -0.3 is 5.32 Å². The summed E-state index contributed by atoms with van der Waals surface area (Å²) in [6.07, 6.45) is 0.914. The predicted molar refractivity (Wildman–Crippen MR) is 79.6 cm³/mol. The van der Waals surface area contributed by atoms with Crippen molar-refractivity contribution in [1.82, 2.24) is 0 Å². The van der Waals surface area contributed by atoms with Gasteiger partial charge in [0.1, 0.15) is 5.82 Å². The Labute approximate surface area is 118 Å². The molecule has 4 heteroatoms. The Kier molecular flexibility index (Phi) is 4.35. The minimum absolute atomic E-state index is 0.259. The molecule has 0 aliphatic carbocycles. The van der Waals surface area contributed by atoms with E-state index in [0.717, 1.165) is 17.7 Å². The molecule has 0 aliphatic heterocycles. The molecule has 2 rings (SSSR count). The molecule has 3 nitrogen and oxygen atoms in total. The lowest BCUT2D eigenvalue weighted by Crippen LogP contribution is -2.31. The lowest BCUT2D eigenvalue weighted by molar-refractivity contribution is 0.258. The van der Waals surface area contributed by atoms with Crippen LogP contribution in [0.2, 0.25) is 0 Å². The Balaban J connectivity index is 2.09. The van der Waals surface area contributed by atoms with E-state index in [-0.39, 0.29) is 11.8 Å². The van der Waals surface area contributed by atoms with Gasteiger partial charge in [0.2, 0.25) is 0 Å². The standard InChI is InChI=1S/C16H17FN2O/c1-3-12-5-4-6-14(11-12)18-16(20)19(2)15-9-7-13(17)8-10-15/h4-11H,3H2,1-2H3,(H,18,20). The zero-order valence-electron chi connectivity index (χ0n) is 11.6. The van der Waals surface area contributed by atoms with Crippen LogP contribution in [0, 0.1) is 5.82 Å². The molecular weight excluding hydrogens is 255 g/mol. The summed E-state index contributed by atoms with van der Waals surface area (Å²) in [5.74, 6) is -0.321. The molecule has 0 saturated heterocycles. The van der Waals surface area contributed by atoms with Gasteiger partial charge in [-0.25, -0.2) is 9.18 Å². The third-order valence-corrected chi connectivity index (χ3v) is 3.11. The first kappa shape index (κ1) is 14.1. The Morgan fingerprint density at radius 1 is 1.20 bits per heavy atom. The van der Waals surface area contributed by atoms with Crippen molar-refractivity contribution in [1.29, 1.82) is 0 Å². The van der Waals surface area contributed by atoms with Gasteiger partial charge in [0.25, 0.3) is 0 Å². The summed E-state index contributed by atoms with van der Waals surface area (Å²) in [4.78, 5) is 13.6. The highest BCUT2D eigenvalue weighted by Crippen LogP contribution is 2.16.